The quantitative estimate of drug-likeness (QED) is 0.817. The molecule has 16 heavy (non-hydrogen) atoms. The average Bonchev–Trinajstić information content (AvgIpc) is 2.27. The molecule has 1 aromatic carbocycles. The largest absolute Gasteiger partial charge is 0.394 e. The summed E-state index contributed by atoms with van der Waals surface area (Å²) in [6, 6.07) is 4.85. The Morgan fingerprint density at radius 3 is 2.56 bits per heavy atom. The Bertz CT molecular complexity index is 366. The van der Waals surface area contributed by atoms with Gasteiger partial charge in [0.25, 0.3) is 0 Å². The highest BCUT2D eigenvalue weighted by atomic mass is 19.1. The molecule has 0 aliphatic carbocycles. The number of hydrogen-bond acceptors (Lipinski definition) is 3. The fourth-order valence-corrected chi connectivity index (χ4v) is 1.50. The number of halogens is 1. The van der Waals surface area contributed by atoms with Gasteiger partial charge in [-0.2, -0.15) is 0 Å². The summed E-state index contributed by atoms with van der Waals surface area (Å²) < 4.78 is 13.5. The van der Waals surface area contributed by atoms with Gasteiger partial charge in [-0.15, -0.1) is 0 Å². The lowest BCUT2D eigenvalue weighted by Crippen LogP contribution is -2.45. The first-order chi connectivity index (χ1) is 7.44. The van der Waals surface area contributed by atoms with Crippen LogP contribution in [0.25, 0.3) is 0 Å². The maximum atomic E-state index is 13.5. The minimum atomic E-state index is -0.447. The van der Waals surface area contributed by atoms with Crippen LogP contribution in [0.5, 0.6) is 0 Å². The van der Waals surface area contributed by atoms with E-state index in [0.29, 0.717) is 5.56 Å². The Kier molecular flexibility index (Phi) is 3.88. The van der Waals surface area contributed by atoms with Crippen molar-refractivity contribution in [2.75, 3.05) is 18.6 Å². The molecule has 0 saturated heterocycles. The van der Waals surface area contributed by atoms with Crippen LogP contribution in [0.4, 0.5) is 10.1 Å². The fourth-order valence-electron chi connectivity index (χ4n) is 1.50. The second-order valence-corrected chi connectivity index (χ2v) is 4.47. The highest BCUT2D eigenvalue weighted by Gasteiger charge is 2.25. The topological polar surface area (TPSA) is 49.5 Å². The van der Waals surface area contributed by atoms with Crippen LogP contribution in [0.1, 0.15) is 19.4 Å². The van der Waals surface area contributed by atoms with Crippen molar-refractivity contribution >= 4 is 5.69 Å². The third-order valence-corrected chi connectivity index (χ3v) is 2.95. The lowest BCUT2D eigenvalue weighted by atomic mass is 10.0. The Labute approximate surface area is 95.7 Å². The number of aliphatic hydroxyl groups is 1. The van der Waals surface area contributed by atoms with E-state index in [1.54, 1.807) is 6.07 Å². The molecule has 0 atom stereocenters. The molecule has 0 saturated carbocycles. The minimum absolute atomic E-state index is 0.00990. The van der Waals surface area contributed by atoms with Gasteiger partial charge in [0.2, 0.25) is 0 Å². The maximum Gasteiger partial charge on any atom is 0.129 e. The normalized spacial score (nSPS) is 11.6. The zero-order valence-corrected chi connectivity index (χ0v) is 10.00. The Morgan fingerprint density at radius 1 is 1.44 bits per heavy atom. The highest BCUT2D eigenvalue weighted by Crippen LogP contribution is 2.27. The van der Waals surface area contributed by atoms with Crippen LogP contribution < -0.4 is 10.6 Å². The number of benzene rings is 1. The van der Waals surface area contributed by atoms with Crippen molar-refractivity contribution in [1.82, 2.24) is 0 Å². The number of rotatable bonds is 4. The summed E-state index contributed by atoms with van der Waals surface area (Å²) in [5.74, 6) is -0.305. The van der Waals surface area contributed by atoms with Crippen LogP contribution in [-0.2, 0) is 6.54 Å². The molecular formula is C12H19FN2O. The molecule has 3 nitrogen and oxygen atoms in total. The molecule has 0 unspecified atom stereocenters. The smallest absolute Gasteiger partial charge is 0.129 e. The summed E-state index contributed by atoms with van der Waals surface area (Å²) in [5.41, 5.74) is 6.30. The Hall–Kier alpha value is -1.13. The van der Waals surface area contributed by atoms with E-state index in [1.807, 2.05) is 31.9 Å². The summed E-state index contributed by atoms with van der Waals surface area (Å²) in [7, 11) is 1.82. The Morgan fingerprint density at radius 2 is 2.06 bits per heavy atom. The average molecular weight is 226 g/mol. The molecule has 0 fully saturated rings. The zero-order chi connectivity index (χ0) is 12.3. The van der Waals surface area contributed by atoms with Crippen molar-refractivity contribution in [1.29, 1.82) is 0 Å². The van der Waals surface area contributed by atoms with E-state index in [4.69, 9.17) is 5.73 Å². The third kappa shape index (κ3) is 2.33. The van der Waals surface area contributed by atoms with Crippen molar-refractivity contribution in [3.63, 3.8) is 0 Å². The lowest BCUT2D eigenvalue weighted by molar-refractivity contribution is 0.216. The Balaban J connectivity index is 3.18. The van der Waals surface area contributed by atoms with Crippen LogP contribution in [0.3, 0.4) is 0 Å². The van der Waals surface area contributed by atoms with Crippen molar-refractivity contribution in [2.45, 2.75) is 25.9 Å². The first-order valence-corrected chi connectivity index (χ1v) is 5.26. The predicted molar refractivity (Wildman–Crippen MR) is 63.9 cm³/mol. The molecule has 0 aliphatic heterocycles. The monoisotopic (exact) mass is 226 g/mol. The van der Waals surface area contributed by atoms with Crippen LogP contribution in [0.15, 0.2) is 18.2 Å². The summed E-state index contributed by atoms with van der Waals surface area (Å²) in [6.45, 7) is 3.91. The lowest BCUT2D eigenvalue weighted by Gasteiger charge is -2.37. The maximum absolute atomic E-state index is 13.5. The van der Waals surface area contributed by atoms with E-state index in [0.717, 1.165) is 5.69 Å². The van der Waals surface area contributed by atoms with Crippen LogP contribution in [0, 0.1) is 5.82 Å². The molecule has 90 valence electrons. The van der Waals surface area contributed by atoms with E-state index >= 15 is 0 Å². The summed E-state index contributed by atoms with van der Waals surface area (Å²) in [5, 5.41) is 9.29. The van der Waals surface area contributed by atoms with Crippen LogP contribution >= 0.6 is 0 Å². The van der Waals surface area contributed by atoms with E-state index in [2.05, 4.69) is 0 Å². The molecule has 0 spiro atoms. The van der Waals surface area contributed by atoms with Gasteiger partial charge in [-0.3, -0.25) is 0 Å². The SMILES string of the molecule is CN(c1cccc(F)c1CN)C(C)(C)CO. The van der Waals surface area contributed by atoms with Crippen LogP contribution in [0.2, 0.25) is 0 Å². The van der Waals surface area contributed by atoms with Crippen molar-refractivity contribution < 1.29 is 9.50 Å². The second-order valence-electron chi connectivity index (χ2n) is 4.47. The molecule has 0 amide bonds. The molecular weight excluding hydrogens is 207 g/mol. The first kappa shape index (κ1) is 12.9. The van der Waals surface area contributed by atoms with Gasteiger partial charge in [0.15, 0.2) is 0 Å². The number of aliphatic hydroxyl groups excluding tert-OH is 1. The number of hydrogen-bond donors (Lipinski definition) is 2. The van der Waals surface area contributed by atoms with E-state index < -0.39 is 5.54 Å². The molecule has 0 radical (unpaired) electrons. The first-order valence-electron chi connectivity index (χ1n) is 5.26. The predicted octanol–water partition coefficient (Wildman–Crippen LogP) is 1.49. The number of nitrogens with zero attached hydrogens (tertiary/aromatic N) is 1. The molecule has 0 heterocycles. The van der Waals surface area contributed by atoms with Crippen molar-refractivity contribution in [3.8, 4) is 0 Å². The second kappa shape index (κ2) is 4.80. The number of nitrogens with two attached hydrogens (primary N) is 1. The van der Waals surface area contributed by atoms with E-state index in [1.165, 1.54) is 6.07 Å². The van der Waals surface area contributed by atoms with Gasteiger partial charge in [0.05, 0.1) is 12.1 Å². The summed E-state index contributed by atoms with van der Waals surface area (Å²) in [6.07, 6.45) is 0. The third-order valence-electron chi connectivity index (χ3n) is 2.95. The van der Waals surface area contributed by atoms with Gasteiger partial charge < -0.3 is 15.7 Å². The van der Waals surface area contributed by atoms with Gasteiger partial charge in [-0.25, -0.2) is 4.39 Å². The molecule has 1 aromatic rings. The van der Waals surface area contributed by atoms with E-state index in [9.17, 15) is 9.50 Å². The molecule has 0 bridgehead atoms. The zero-order valence-electron chi connectivity index (χ0n) is 10.00. The molecule has 0 aliphatic rings. The number of likely N-dealkylation sites (N-methyl/N-ethyl adjacent to an activating group) is 1. The van der Waals surface area contributed by atoms with Gasteiger partial charge in [0.1, 0.15) is 5.82 Å². The van der Waals surface area contributed by atoms with Crippen LogP contribution in [-0.4, -0.2) is 24.3 Å². The summed E-state index contributed by atoms with van der Waals surface area (Å²) >= 11 is 0. The standard InChI is InChI=1S/C12H19FN2O/c1-12(2,8-16)15(3)11-6-4-5-10(13)9(11)7-14/h4-6,16H,7-8,14H2,1-3H3. The van der Waals surface area contributed by atoms with Gasteiger partial charge in [-0.1, -0.05) is 6.07 Å². The minimum Gasteiger partial charge on any atom is -0.394 e. The van der Waals surface area contributed by atoms with Crippen molar-refractivity contribution in [3.05, 3.63) is 29.6 Å². The molecule has 0 aromatic heterocycles. The fraction of sp³-hybridized carbons (Fsp3) is 0.500. The highest BCUT2D eigenvalue weighted by molar-refractivity contribution is 5.55. The summed E-state index contributed by atoms with van der Waals surface area (Å²) in [4.78, 5) is 1.85. The molecule has 1 rings (SSSR count). The van der Waals surface area contributed by atoms with Gasteiger partial charge in [-0.05, 0) is 26.0 Å². The van der Waals surface area contributed by atoms with Gasteiger partial charge >= 0.3 is 0 Å². The molecule has 4 heteroatoms. The number of anilines is 1. The van der Waals surface area contributed by atoms with Gasteiger partial charge in [0, 0.05) is 24.8 Å². The van der Waals surface area contributed by atoms with E-state index in [-0.39, 0.29) is 19.0 Å². The molecule has 3 N–H and O–H groups in total. The van der Waals surface area contributed by atoms with Crippen molar-refractivity contribution in [2.24, 2.45) is 5.73 Å².